The molecule has 0 fully saturated rings. The lowest BCUT2D eigenvalue weighted by Crippen LogP contribution is -2.32. The number of nitro groups is 1. The Hall–Kier alpha value is -2.72. The van der Waals surface area contributed by atoms with E-state index in [9.17, 15) is 18.5 Å². The van der Waals surface area contributed by atoms with Crippen LogP contribution in [0.15, 0.2) is 59.5 Å². The summed E-state index contributed by atoms with van der Waals surface area (Å²) in [4.78, 5) is 15.2. The molecule has 1 N–H and O–H groups in total. The Kier molecular flexibility index (Phi) is 8.71. The predicted molar refractivity (Wildman–Crippen MR) is 142 cm³/mol. The van der Waals surface area contributed by atoms with Crippen LogP contribution in [0.2, 0.25) is 0 Å². The highest BCUT2D eigenvalue weighted by molar-refractivity contribution is 7.89. The van der Waals surface area contributed by atoms with Crippen LogP contribution in [0.1, 0.15) is 24.0 Å². The van der Waals surface area contributed by atoms with Gasteiger partial charge in [0, 0.05) is 62.3 Å². The van der Waals surface area contributed by atoms with E-state index in [1.54, 1.807) is 24.3 Å². The zero-order valence-corrected chi connectivity index (χ0v) is 21.6. The van der Waals surface area contributed by atoms with Gasteiger partial charge >= 0.3 is 0 Å². The third-order valence-corrected chi connectivity index (χ3v) is 7.83. The van der Waals surface area contributed by atoms with Crippen molar-refractivity contribution >= 4 is 44.6 Å². The zero-order chi connectivity index (χ0) is 24.3. The molecule has 0 radical (unpaired) electrons. The lowest BCUT2D eigenvalue weighted by Gasteiger charge is -2.28. The Morgan fingerprint density at radius 2 is 1.77 bits per heavy atom. The molecule has 0 atom stereocenters. The van der Waals surface area contributed by atoms with Crippen LogP contribution in [0.3, 0.4) is 0 Å². The molecular formula is C25H31ClN4O4S. The van der Waals surface area contributed by atoms with E-state index in [-0.39, 0.29) is 23.0 Å². The van der Waals surface area contributed by atoms with Gasteiger partial charge in [0.25, 0.3) is 5.69 Å². The molecule has 0 saturated carbocycles. The van der Waals surface area contributed by atoms with Gasteiger partial charge in [0.15, 0.2) is 0 Å². The Morgan fingerprint density at radius 1 is 1.03 bits per heavy atom. The van der Waals surface area contributed by atoms with Gasteiger partial charge < -0.3 is 4.90 Å². The standard InChI is InChI=1S/C25H30N4O4S.ClH/c1-27(2)24-9-5-8-23-22(24)7-6-10-25(23)34(32,33)26-14-3-4-15-28-16-13-19-11-12-21(29(30)31)17-20(19)18-28;/h5-12,17,26H,3-4,13-16,18H2,1-2H3;1H. The van der Waals surface area contributed by atoms with Crippen molar-refractivity contribution in [2.24, 2.45) is 0 Å². The minimum atomic E-state index is -3.63. The number of nitrogens with one attached hydrogen (secondary N) is 1. The van der Waals surface area contributed by atoms with Crippen LogP contribution >= 0.6 is 12.4 Å². The maximum atomic E-state index is 13.0. The molecule has 0 saturated heterocycles. The Labute approximate surface area is 212 Å². The number of fused-ring (bicyclic) bond motifs is 2. The quantitative estimate of drug-likeness (QED) is 0.257. The summed E-state index contributed by atoms with van der Waals surface area (Å²) in [6.07, 6.45) is 2.42. The van der Waals surface area contributed by atoms with Gasteiger partial charge in [-0.3, -0.25) is 15.0 Å². The highest BCUT2D eigenvalue weighted by Crippen LogP contribution is 2.30. The normalized spacial score (nSPS) is 13.8. The molecule has 188 valence electrons. The minimum Gasteiger partial charge on any atom is -0.377 e. The molecule has 0 unspecified atom stereocenters. The van der Waals surface area contributed by atoms with Crippen molar-refractivity contribution < 1.29 is 13.3 Å². The molecule has 8 nitrogen and oxygen atoms in total. The van der Waals surface area contributed by atoms with Crippen LogP contribution in [-0.4, -0.2) is 52.0 Å². The first kappa shape index (κ1) is 26.9. The van der Waals surface area contributed by atoms with Gasteiger partial charge in [-0.15, -0.1) is 12.4 Å². The number of nitrogens with zero attached hydrogens (tertiary/aromatic N) is 3. The fraction of sp³-hybridized carbons (Fsp3) is 0.360. The number of unbranched alkanes of at least 4 members (excludes halogenated alkanes) is 1. The first-order valence-electron chi connectivity index (χ1n) is 11.4. The minimum absolute atomic E-state index is 0. The number of nitro benzene ring substituents is 1. The average Bonchev–Trinajstić information content (AvgIpc) is 2.82. The average molecular weight is 519 g/mol. The van der Waals surface area contributed by atoms with Crippen molar-refractivity contribution in [2.75, 3.05) is 38.6 Å². The van der Waals surface area contributed by atoms with Crippen molar-refractivity contribution in [2.45, 2.75) is 30.7 Å². The van der Waals surface area contributed by atoms with E-state index in [1.165, 1.54) is 5.56 Å². The van der Waals surface area contributed by atoms with Gasteiger partial charge in [0.2, 0.25) is 10.0 Å². The molecule has 1 heterocycles. The lowest BCUT2D eigenvalue weighted by atomic mass is 9.99. The second-order valence-electron chi connectivity index (χ2n) is 8.86. The molecule has 0 amide bonds. The van der Waals surface area contributed by atoms with Crippen LogP contribution < -0.4 is 9.62 Å². The molecule has 35 heavy (non-hydrogen) atoms. The number of benzene rings is 3. The Bertz CT molecular complexity index is 1310. The number of non-ortho nitro benzene ring substituents is 1. The number of sulfonamides is 1. The van der Waals surface area contributed by atoms with E-state index in [0.29, 0.717) is 29.8 Å². The zero-order valence-electron chi connectivity index (χ0n) is 19.9. The number of anilines is 1. The summed E-state index contributed by atoms with van der Waals surface area (Å²) < 4.78 is 28.8. The monoisotopic (exact) mass is 518 g/mol. The smallest absolute Gasteiger partial charge is 0.269 e. The third kappa shape index (κ3) is 6.10. The molecule has 0 aromatic heterocycles. The summed E-state index contributed by atoms with van der Waals surface area (Å²) in [5.41, 5.74) is 3.28. The molecule has 10 heteroatoms. The molecule has 1 aliphatic heterocycles. The molecule has 1 aliphatic rings. The van der Waals surface area contributed by atoms with Crippen LogP contribution in [0.4, 0.5) is 11.4 Å². The summed E-state index contributed by atoms with van der Waals surface area (Å²) in [6.45, 7) is 2.78. The summed E-state index contributed by atoms with van der Waals surface area (Å²) in [6, 6.07) is 16.2. The van der Waals surface area contributed by atoms with Crippen LogP contribution in [0.25, 0.3) is 10.8 Å². The van der Waals surface area contributed by atoms with Crippen LogP contribution in [-0.2, 0) is 23.0 Å². The van der Waals surface area contributed by atoms with Gasteiger partial charge in [0.1, 0.15) is 0 Å². The van der Waals surface area contributed by atoms with E-state index < -0.39 is 10.0 Å². The summed E-state index contributed by atoms with van der Waals surface area (Å²) in [5.74, 6) is 0. The highest BCUT2D eigenvalue weighted by atomic mass is 35.5. The van der Waals surface area contributed by atoms with Crippen LogP contribution in [0.5, 0.6) is 0 Å². The Balaban J connectivity index is 0.00000342. The van der Waals surface area contributed by atoms with E-state index >= 15 is 0 Å². The van der Waals surface area contributed by atoms with E-state index in [0.717, 1.165) is 42.6 Å². The fourth-order valence-electron chi connectivity index (χ4n) is 4.54. The summed E-state index contributed by atoms with van der Waals surface area (Å²) in [7, 11) is 0.248. The van der Waals surface area contributed by atoms with E-state index in [2.05, 4.69) is 9.62 Å². The lowest BCUT2D eigenvalue weighted by molar-refractivity contribution is -0.385. The van der Waals surface area contributed by atoms with Gasteiger partial charge in [-0.1, -0.05) is 30.3 Å². The largest absolute Gasteiger partial charge is 0.377 e. The third-order valence-electron chi connectivity index (χ3n) is 6.32. The van der Waals surface area contributed by atoms with E-state index in [4.69, 9.17) is 0 Å². The first-order chi connectivity index (χ1) is 16.3. The summed E-state index contributed by atoms with van der Waals surface area (Å²) >= 11 is 0. The molecule has 4 rings (SSSR count). The topological polar surface area (TPSA) is 95.8 Å². The molecule has 0 aliphatic carbocycles. The van der Waals surface area contributed by atoms with Gasteiger partial charge in [-0.2, -0.15) is 0 Å². The van der Waals surface area contributed by atoms with Crippen molar-refractivity contribution in [1.82, 2.24) is 9.62 Å². The van der Waals surface area contributed by atoms with Gasteiger partial charge in [-0.05, 0) is 49.1 Å². The molecule has 0 spiro atoms. The number of hydrogen-bond donors (Lipinski definition) is 1. The molecule has 3 aromatic carbocycles. The second-order valence-corrected chi connectivity index (χ2v) is 10.6. The van der Waals surface area contributed by atoms with Crippen molar-refractivity contribution in [3.05, 3.63) is 75.8 Å². The predicted octanol–water partition coefficient (Wildman–Crippen LogP) is 4.35. The number of rotatable bonds is 9. The fourth-order valence-corrected chi connectivity index (χ4v) is 5.83. The van der Waals surface area contributed by atoms with E-state index in [1.807, 2.05) is 49.3 Å². The van der Waals surface area contributed by atoms with Crippen molar-refractivity contribution in [3.8, 4) is 0 Å². The Morgan fingerprint density at radius 3 is 2.51 bits per heavy atom. The molecule has 3 aromatic rings. The van der Waals surface area contributed by atoms with Crippen molar-refractivity contribution in [3.63, 3.8) is 0 Å². The SMILES string of the molecule is CN(C)c1cccc2c(S(=O)(=O)NCCCCN3CCc4ccc([N+](=O)[O-])cc4C3)cccc12.Cl. The van der Waals surface area contributed by atoms with Gasteiger partial charge in [0.05, 0.1) is 9.82 Å². The molecular weight excluding hydrogens is 488 g/mol. The maximum absolute atomic E-state index is 13.0. The number of hydrogen-bond acceptors (Lipinski definition) is 6. The number of halogens is 1. The van der Waals surface area contributed by atoms with Crippen LogP contribution in [0, 0.1) is 10.1 Å². The molecule has 0 bridgehead atoms. The summed E-state index contributed by atoms with van der Waals surface area (Å²) in [5, 5.41) is 12.7. The maximum Gasteiger partial charge on any atom is 0.269 e. The first-order valence-corrected chi connectivity index (χ1v) is 12.9. The van der Waals surface area contributed by atoms with Crippen molar-refractivity contribution in [1.29, 1.82) is 0 Å². The van der Waals surface area contributed by atoms with Gasteiger partial charge in [-0.25, -0.2) is 13.1 Å². The second kappa shape index (κ2) is 11.3. The highest BCUT2D eigenvalue weighted by Gasteiger charge is 2.20.